The standard InChI is InChI=1S/C25H27F3N2O2S/c1-16(2)23-22(33-24(29-23)18-4-8-19(9-5-18)25(26,27)28)13-12-21(32)17-6-10-20(11-7-17)30(3)14-15-31/h4-11,16,31H,12-15H2,1-3H3. The number of anilines is 1. The van der Waals surface area contributed by atoms with E-state index >= 15 is 0 Å². The molecule has 33 heavy (non-hydrogen) atoms. The van der Waals surface area contributed by atoms with E-state index in [9.17, 15) is 18.0 Å². The molecule has 0 atom stereocenters. The molecule has 0 aliphatic carbocycles. The van der Waals surface area contributed by atoms with Crippen LogP contribution in [-0.4, -0.2) is 36.1 Å². The van der Waals surface area contributed by atoms with E-state index in [4.69, 9.17) is 5.11 Å². The number of likely N-dealkylation sites (N-methyl/N-ethyl adjacent to an activating group) is 1. The molecule has 176 valence electrons. The van der Waals surface area contributed by atoms with Gasteiger partial charge in [0.2, 0.25) is 0 Å². The number of carbonyl (C=O) groups excluding carboxylic acids is 1. The van der Waals surface area contributed by atoms with Crippen LogP contribution in [0, 0.1) is 0 Å². The first-order chi connectivity index (χ1) is 15.6. The number of aliphatic hydroxyl groups excluding tert-OH is 1. The van der Waals surface area contributed by atoms with Gasteiger partial charge in [0, 0.05) is 41.7 Å². The Morgan fingerprint density at radius 1 is 1.09 bits per heavy atom. The fourth-order valence-corrected chi connectivity index (χ4v) is 4.69. The molecular formula is C25H27F3N2O2S. The first-order valence-electron chi connectivity index (χ1n) is 10.7. The number of aryl methyl sites for hydroxylation is 1. The zero-order valence-corrected chi connectivity index (χ0v) is 19.6. The third-order valence-electron chi connectivity index (χ3n) is 5.38. The zero-order chi connectivity index (χ0) is 24.2. The van der Waals surface area contributed by atoms with E-state index < -0.39 is 11.7 Å². The van der Waals surface area contributed by atoms with Gasteiger partial charge in [0.25, 0.3) is 0 Å². The minimum absolute atomic E-state index is 0.0190. The molecule has 0 unspecified atom stereocenters. The molecule has 0 radical (unpaired) electrons. The summed E-state index contributed by atoms with van der Waals surface area (Å²) in [6, 6.07) is 12.3. The molecule has 0 bridgehead atoms. The summed E-state index contributed by atoms with van der Waals surface area (Å²) in [5.41, 5.74) is 2.37. The summed E-state index contributed by atoms with van der Waals surface area (Å²) in [6.07, 6.45) is -3.53. The number of aromatic nitrogens is 1. The number of Topliss-reactive ketones (excluding diaryl/α,β-unsaturated/α-hetero) is 1. The lowest BCUT2D eigenvalue weighted by atomic mass is 10.0. The van der Waals surface area contributed by atoms with Gasteiger partial charge in [-0.1, -0.05) is 26.0 Å². The summed E-state index contributed by atoms with van der Waals surface area (Å²) >= 11 is 1.43. The number of carbonyl (C=O) groups is 1. The largest absolute Gasteiger partial charge is 0.416 e. The minimum Gasteiger partial charge on any atom is -0.395 e. The quantitative estimate of drug-likeness (QED) is 0.374. The SMILES string of the molecule is CC(C)c1nc(-c2ccc(C(F)(F)F)cc2)sc1CCC(=O)c1ccc(N(C)CCO)cc1. The first-order valence-corrected chi connectivity index (χ1v) is 11.5. The van der Waals surface area contributed by atoms with Crippen molar-refractivity contribution in [1.82, 2.24) is 4.98 Å². The molecule has 1 heterocycles. The summed E-state index contributed by atoms with van der Waals surface area (Å²) in [6.45, 7) is 4.59. The Hall–Kier alpha value is -2.71. The molecule has 0 saturated heterocycles. The molecule has 2 aromatic carbocycles. The maximum absolute atomic E-state index is 12.9. The number of ketones is 1. The Bertz CT molecular complexity index is 1070. The zero-order valence-electron chi connectivity index (χ0n) is 18.8. The van der Waals surface area contributed by atoms with Crippen molar-refractivity contribution in [2.75, 3.05) is 25.1 Å². The molecule has 3 rings (SSSR count). The molecule has 3 aromatic rings. The van der Waals surface area contributed by atoms with Crippen LogP contribution in [0.15, 0.2) is 48.5 Å². The van der Waals surface area contributed by atoms with E-state index in [1.165, 1.54) is 23.5 Å². The molecule has 1 aromatic heterocycles. The molecular weight excluding hydrogens is 449 g/mol. The van der Waals surface area contributed by atoms with Crippen molar-refractivity contribution in [2.24, 2.45) is 0 Å². The van der Waals surface area contributed by atoms with E-state index in [0.717, 1.165) is 28.4 Å². The summed E-state index contributed by atoms with van der Waals surface area (Å²) in [7, 11) is 1.87. The number of hydrogen-bond acceptors (Lipinski definition) is 5. The van der Waals surface area contributed by atoms with Gasteiger partial charge >= 0.3 is 6.18 Å². The van der Waals surface area contributed by atoms with Crippen LogP contribution in [0.3, 0.4) is 0 Å². The van der Waals surface area contributed by atoms with Gasteiger partial charge in [0.05, 0.1) is 17.9 Å². The average Bonchev–Trinajstić information content (AvgIpc) is 3.22. The molecule has 1 N–H and O–H groups in total. The van der Waals surface area contributed by atoms with E-state index in [1.807, 2.05) is 37.9 Å². The van der Waals surface area contributed by atoms with Gasteiger partial charge in [-0.3, -0.25) is 4.79 Å². The minimum atomic E-state index is -4.37. The van der Waals surface area contributed by atoms with Crippen molar-refractivity contribution in [3.05, 3.63) is 70.2 Å². The number of hydrogen-bond donors (Lipinski definition) is 1. The van der Waals surface area contributed by atoms with Crippen molar-refractivity contribution < 1.29 is 23.1 Å². The third-order valence-corrected chi connectivity index (χ3v) is 6.56. The second-order valence-corrected chi connectivity index (χ2v) is 9.26. The third kappa shape index (κ3) is 6.21. The Morgan fingerprint density at radius 3 is 2.27 bits per heavy atom. The predicted octanol–water partition coefficient (Wildman–Crippen LogP) is 6.20. The Balaban J connectivity index is 1.73. The molecule has 0 amide bonds. The molecule has 0 fully saturated rings. The topological polar surface area (TPSA) is 53.4 Å². The fourth-order valence-electron chi connectivity index (χ4n) is 3.47. The van der Waals surface area contributed by atoms with Crippen LogP contribution in [0.4, 0.5) is 18.9 Å². The van der Waals surface area contributed by atoms with Crippen LogP contribution in [-0.2, 0) is 12.6 Å². The molecule has 0 saturated carbocycles. The second-order valence-electron chi connectivity index (χ2n) is 8.17. The number of nitrogens with zero attached hydrogens (tertiary/aromatic N) is 2. The summed E-state index contributed by atoms with van der Waals surface area (Å²) in [5, 5.41) is 9.71. The highest BCUT2D eigenvalue weighted by atomic mass is 32.1. The lowest BCUT2D eigenvalue weighted by Crippen LogP contribution is -2.21. The highest BCUT2D eigenvalue weighted by Crippen LogP contribution is 2.35. The predicted molar refractivity (Wildman–Crippen MR) is 126 cm³/mol. The highest BCUT2D eigenvalue weighted by molar-refractivity contribution is 7.15. The molecule has 8 heteroatoms. The van der Waals surface area contributed by atoms with E-state index in [-0.39, 0.29) is 18.3 Å². The van der Waals surface area contributed by atoms with Gasteiger partial charge in [-0.15, -0.1) is 11.3 Å². The van der Waals surface area contributed by atoms with Crippen LogP contribution in [0.5, 0.6) is 0 Å². The molecule has 0 aliphatic heterocycles. The lowest BCUT2D eigenvalue weighted by molar-refractivity contribution is -0.137. The van der Waals surface area contributed by atoms with Crippen LogP contribution in [0.25, 0.3) is 10.6 Å². The van der Waals surface area contributed by atoms with Gasteiger partial charge in [-0.05, 0) is 48.7 Å². The van der Waals surface area contributed by atoms with Gasteiger partial charge in [0.1, 0.15) is 5.01 Å². The van der Waals surface area contributed by atoms with E-state index in [2.05, 4.69) is 4.98 Å². The number of benzene rings is 2. The molecule has 0 aliphatic rings. The van der Waals surface area contributed by atoms with E-state index in [1.54, 1.807) is 12.1 Å². The number of halogens is 3. The van der Waals surface area contributed by atoms with Crippen molar-refractivity contribution in [2.45, 2.75) is 38.8 Å². The van der Waals surface area contributed by atoms with Crippen molar-refractivity contribution >= 4 is 22.8 Å². The first kappa shape index (κ1) is 24.9. The fraction of sp³-hybridized carbons (Fsp3) is 0.360. The van der Waals surface area contributed by atoms with Crippen LogP contribution in [0.2, 0.25) is 0 Å². The number of aliphatic hydroxyl groups is 1. The van der Waals surface area contributed by atoms with Crippen molar-refractivity contribution in [3.8, 4) is 10.6 Å². The van der Waals surface area contributed by atoms with Crippen LogP contribution < -0.4 is 4.90 Å². The Labute approximate surface area is 195 Å². The number of rotatable bonds is 9. The van der Waals surface area contributed by atoms with Gasteiger partial charge in [-0.25, -0.2) is 4.98 Å². The Morgan fingerprint density at radius 2 is 1.73 bits per heavy atom. The van der Waals surface area contributed by atoms with Crippen LogP contribution >= 0.6 is 11.3 Å². The number of alkyl halides is 3. The number of thiazole rings is 1. The van der Waals surface area contributed by atoms with Gasteiger partial charge < -0.3 is 10.0 Å². The maximum Gasteiger partial charge on any atom is 0.416 e. The average molecular weight is 477 g/mol. The van der Waals surface area contributed by atoms with E-state index in [0.29, 0.717) is 35.5 Å². The smallest absolute Gasteiger partial charge is 0.395 e. The summed E-state index contributed by atoms with van der Waals surface area (Å²) < 4.78 is 38.6. The molecule has 4 nitrogen and oxygen atoms in total. The highest BCUT2D eigenvalue weighted by Gasteiger charge is 2.30. The normalized spacial score (nSPS) is 11.8. The Kier molecular flexibility index (Phi) is 7.92. The van der Waals surface area contributed by atoms with Crippen LogP contribution in [0.1, 0.15) is 52.7 Å². The van der Waals surface area contributed by atoms with Crippen molar-refractivity contribution in [3.63, 3.8) is 0 Å². The second kappa shape index (κ2) is 10.5. The van der Waals surface area contributed by atoms with Crippen molar-refractivity contribution in [1.29, 1.82) is 0 Å². The summed E-state index contributed by atoms with van der Waals surface area (Å²) in [5.74, 6) is 0.154. The van der Waals surface area contributed by atoms with Gasteiger partial charge in [0.15, 0.2) is 5.78 Å². The van der Waals surface area contributed by atoms with Gasteiger partial charge in [-0.2, -0.15) is 13.2 Å². The lowest BCUT2D eigenvalue weighted by Gasteiger charge is -2.17. The summed E-state index contributed by atoms with van der Waals surface area (Å²) in [4.78, 5) is 20.3. The monoisotopic (exact) mass is 476 g/mol. The molecule has 0 spiro atoms. The maximum atomic E-state index is 12.9.